The van der Waals surface area contributed by atoms with Crippen molar-refractivity contribution in [3.8, 4) is 16.8 Å². The van der Waals surface area contributed by atoms with Crippen molar-refractivity contribution in [1.29, 1.82) is 0 Å². The minimum absolute atomic E-state index is 0.00255. The average molecular weight is 555 g/mol. The Balaban J connectivity index is 1.36. The number of benzene rings is 6. The van der Waals surface area contributed by atoms with E-state index in [1.807, 2.05) is 53.1 Å². The maximum atomic E-state index is 13.7. The van der Waals surface area contributed by atoms with Gasteiger partial charge in [0.1, 0.15) is 0 Å². The molecule has 0 aliphatic carbocycles. The summed E-state index contributed by atoms with van der Waals surface area (Å²) in [6, 6.07) is 50.6. The van der Waals surface area contributed by atoms with Crippen LogP contribution in [0.1, 0.15) is 25.0 Å². The lowest BCUT2D eigenvalue weighted by molar-refractivity contribution is 0.632. The number of rotatable bonds is 3. The summed E-state index contributed by atoms with van der Waals surface area (Å²) < 4.78 is 1.84. The first-order chi connectivity index (χ1) is 21.0. The van der Waals surface area contributed by atoms with Crippen LogP contribution in [0.3, 0.4) is 0 Å². The fraction of sp³-hybridized carbons (Fsp3) is 0.0750. The van der Waals surface area contributed by atoms with Crippen molar-refractivity contribution in [2.45, 2.75) is 19.3 Å². The van der Waals surface area contributed by atoms with Crippen LogP contribution in [-0.2, 0) is 5.41 Å². The minimum atomic E-state index is -0.190. The molecule has 1 aliphatic heterocycles. The molecule has 43 heavy (non-hydrogen) atoms. The van der Waals surface area contributed by atoms with Gasteiger partial charge in [0.2, 0.25) is 0 Å². The molecule has 0 saturated heterocycles. The Morgan fingerprint density at radius 1 is 0.488 bits per heavy atom. The summed E-state index contributed by atoms with van der Waals surface area (Å²) in [6.07, 6.45) is 0. The van der Waals surface area contributed by atoms with Gasteiger partial charge in [-0.1, -0.05) is 98.8 Å². The van der Waals surface area contributed by atoms with Crippen molar-refractivity contribution in [2.75, 3.05) is 4.90 Å². The normalized spacial score (nSPS) is 13.6. The highest BCUT2D eigenvalue weighted by Crippen LogP contribution is 2.52. The lowest BCUT2D eigenvalue weighted by atomic mass is 9.73. The lowest BCUT2D eigenvalue weighted by Gasteiger charge is -2.42. The van der Waals surface area contributed by atoms with E-state index < -0.39 is 0 Å². The largest absolute Gasteiger partial charge is 0.310 e. The monoisotopic (exact) mass is 554 g/mol. The summed E-state index contributed by atoms with van der Waals surface area (Å²) in [5, 5.41) is 2.75. The number of para-hydroxylation sites is 3. The third kappa shape index (κ3) is 3.85. The molecule has 0 bridgehead atoms. The molecular formula is C40H30N2O. The third-order valence-electron chi connectivity index (χ3n) is 8.98. The summed E-state index contributed by atoms with van der Waals surface area (Å²) in [5.74, 6) is 0. The standard InChI is InChI=1S/C40H30N2O/c1-40(2)34-19-11-12-20-37(34)41(29-13-5-3-6-14-29)38-24-22-28(26-35(38)40)27-21-23-36-33(25-27)31-17-9-10-18-32(31)39(43)42(36)30-15-7-4-8-16-30/h3-26H,1-2H3. The summed E-state index contributed by atoms with van der Waals surface area (Å²) in [5.41, 5.74) is 10.0. The van der Waals surface area contributed by atoms with Gasteiger partial charge in [-0.05, 0) is 88.3 Å². The first kappa shape index (κ1) is 25.3. The van der Waals surface area contributed by atoms with Gasteiger partial charge in [0.25, 0.3) is 5.56 Å². The van der Waals surface area contributed by atoms with Crippen LogP contribution in [0.25, 0.3) is 38.5 Å². The van der Waals surface area contributed by atoms with Crippen LogP contribution in [0.5, 0.6) is 0 Å². The van der Waals surface area contributed by atoms with Gasteiger partial charge in [0.15, 0.2) is 0 Å². The molecule has 0 unspecified atom stereocenters. The van der Waals surface area contributed by atoms with E-state index in [0.29, 0.717) is 0 Å². The van der Waals surface area contributed by atoms with E-state index in [-0.39, 0.29) is 11.0 Å². The van der Waals surface area contributed by atoms with E-state index in [1.54, 1.807) is 0 Å². The Morgan fingerprint density at radius 2 is 1.07 bits per heavy atom. The molecular weight excluding hydrogens is 524 g/mol. The zero-order chi connectivity index (χ0) is 29.1. The van der Waals surface area contributed by atoms with Gasteiger partial charge in [0.05, 0.1) is 16.9 Å². The van der Waals surface area contributed by atoms with Gasteiger partial charge in [-0.2, -0.15) is 0 Å². The molecule has 0 N–H and O–H groups in total. The maximum Gasteiger partial charge on any atom is 0.263 e. The Bertz CT molecular complexity index is 2230. The van der Waals surface area contributed by atoms with Crippen LogP contribution >= 0.6 is 0 Å². The first-order valence-corrected chi connectivity index (χ1v) is 14.7. The number of pyridine rings is 1. The molecule has 3 heteroatoms. The van der Waals surface area contributed by atoms with Gasteiger partial charge in [-0.15, -0.1) is 0 Å². The molecule has 2 heterocycles. The predicted octanol–water partition coefficient (Wildman–Crippen LogP) is 9.92. The first-order valence-electron chi connectivity index (χ1n) is 14.7. The Labute approximate surface area is 250 Å². The smallest absolute Gasteiger partial charge is 0.263 e. The van der Waals surface area contributed by atoms with Crippen molar-refractivity contribution in [1.82, 2.24) is 4.57 Å². The van der Waals surface area contributed by atoms with Crippen molar-refractivity contribution in [3.63, 3.8) is 0 Å². The van der Waals surface area contributed by atoms with E-state index in [9.17, 15) is 4.79 Å². The highest BCUT2D eigenvalue weighted by atomic mass is 16.1. The minimum Gasteiger partial charge on any atom is -0.310 e. The van der Waals surface area contributed by atoms with Gasteiger partial charge in [-0.3, -0.25) is 9.36 Å². The number of anilines is 3. The second-order valence-corrected chi connectivity index (χ2v) is 11.8. The molecule has 0 saturated carbocycles. The van der Waals surface area contributed by atoms with Gasteiger partial charge in [0, 0.05) is 27.6 Å². The van der Waals surface area contributed by atoms with E-state index in [4.69, 9.17) is 0 Å². The second kappa shape index (κ2) is 9.57. The number of fused-ring (bicyclic) bond motifs is 5. The molecule has 0 spiro atoms. The topological polar surface area (TPSA) is 25.2 Å². The van der Waals surface area contributed by atoms with Crippen LogP contribution < -0.4 is 10.5 Å². The molecule has 0 amide bonds. The Morgan fingerprint density at radius 3 is 1.84 bits per heavy atom. The van der Waals surface area contributed by atoms with E-state index in [1.165, 1.54) is 22.5 Å². The zero-order valence-electron chi connectivity index (χ0n) is 24.2. The Kier molecular flexibility index (Phi) is 5.63. The second-order valence-electron chi connectivity index (χ2n) is 11.8. The van der Waals surface area contributed by atoms with E-state index >= 15 is 0 Å². The highest BCUT2D eigenvalue weighted by Gasteiger charge is 2.36. The Hall–Kier alpha value is -5.41. The van der Waals surface area contributed by atoms with E-state index in [0.717, 1.165) is 44.2 Å². The van der Waals surface area contributed by atoms with Crippen LogP contribution in [0.4, 0.5) is 17.1 Å². The molecule has 0 fully saturated rings. The molecule has 1 aromatic heterocycles. The van der Waals surface area contributed by atoms with Gasteiger partial charge in [-0.25, -0.2) is 0 Å². The SMILES string of the molecule is CC1(C)c2ccccc2N(c2ccccc2)c2ccc(-c3ccc4c(c3)c3ccccc3c(=O)n4-c3ccccc3)cc21. The molecule has 3 nitrogen and oxygen atoms in total. The van der Waals surface area contributed by atoms with Crippen LogP contribution in [0.2, 0.25) is 0 Å². The molecule has 8 rings (SSSR count). The fourth-order valence-corrected chi connectivity index (χ4v) is 6.83. The maximum absolute atomic E-state index is 13.7. The highest BCUT2D eigenvalue weighted by molar-refractivity contribution is 6.07. The van der Waals surface area contributed by atoms with Crippen LogP contribution in [0.15, 0.2) is 150 Å². The molecule has 206 valence electrons. The fourth-order valence-electron chi connectivity index (χ4n) is 6.83. The molecule has 0 radical (unpaired) electrons. The van der Waals surface area contributed by atoms with Gasteiger partial charge < -0.3 is 4.90 Å². The van der Waals surface area contributed by atoms with Gasteiger partial charge >= 0.3 is 0 Å². The quantitative estimate of drug-likeness (QED) is 0.203. The van der Waals surface area contributed by atoms with Crippen molar-refractivity contribution in [2.24, 2.45) is 0 Å². The summed E-state index contributed by atoms with van der Waals surface area (Å²) in [7, 11) is 0. The third-order valence-corrected chi connectivity index (χ3v) is 8.98. The lowest BCUT2D eigenvalue weighted by Crippen LogP contribution is -2.30. The molecule has 0 atom stereocenters. The number of hydrogen-bond acceptors (Lipinski definition) is 2. The zero-order valence-corrected chi connectivity index (χ0v) is 24.2. The summed E-state index contributed by atoms with van der Waals surface area (Å²) >= 11 is 0. The summed E-state index contributed by atoms with van der Waals surface area (Å²) in [6.45, 7) is 4.65. The van der Waals surface area contributed by atoms with E-state index in [2.05, 4.69) is 116 Å². The predicted molar refractivity (Wildman–Crippen MR) is 179 cm³/mol. The van der Waals surface area contributed by atoms with Crippen molar-refractivity contribution in [3.05, 3.63) is 167 Å². The number of nitrogens with zero attached hydrogens (tertiary/aromatic N) is 2. The van der Waals surface area contributed by atoms with Crippen LogP contribution in [-0.4, -0.2) is 4.57 Å². The summed E-state index contributed by atoms with van der Waals surface area (Å²) in [4.78, 5) is 16.1. The molecule has 7 aromatic rings. The molecule has 1 aliphatic rings. The number of hydrogen-bond donors (Lipinski definition) is 0. The van der Waals surface area contributed by atoms with Crippen molar-refractivity contribution >= 4 is 38.7 Å². The van der Waals surface area contributed by atoms with Crippen LogP contribution in [0, 0.1) is 0 Å². The average Bonchev–Trinajstić information content (AvgIpc) is 3.06. The molecule has 6 aromatic carbocycles. The number of aromatic nitrogens is 1. The van der Waals surface area contributed by atoms with Crippen molar-refractivity contribution < 1.29 is 0 Å².